The third-order valence-electron chi connectivity index (χ3n) is 4.16. The Hall–Kier alpha value is -2.62. The van der Waals surface area contributed by atoms with Gasteiger partial charge in [0.25, 0.3) is 0 Å². The highest BCUT2D eigenvalue weighted by molar-refractivity contribution is 5.67. The Balaban J connectivity index is 2.00. The molecule has 4 nitrogen and oxygen atoms in total. The molecule has 0 N–H and O–H groups in total. The van der Waals surface area contributed by atoms with E-state index < -0.39 is 0 Å². The summed E-state index contributed by atoms with van der Waals surface area (Å²) in [6.07, 6.45) is 0.617. The minimum atomic E-state index is -0.300. The number of carbonyl (C=O) groups is 2. The number of carbonyl (C=O) groups excluding carboxylic acids is 2. The van der Waals surface area contributed by atoms with Crippen molar-refractivity contribution in [2.45, 2.75) is 38.9 Å². The predicted molar refractivity (Wildman–Crippen MR) is 89.3 cm³/mol. The van der Waals surface area contributed by atoms with E-state index in [1.165, 1.54) is 13.8 Å². The molecule has 4 aliphatic rings. The van der Waals surface area contributed by atoms with Crippen LogP contribution in [0.5, 0.6) is 0 Å². The molecule has 2 unspecified atom stereocenters. The molecule has 2 aromatic rings. The molecule has 0 aliphatic heterocycles. The molecule has 6 rings (SSSR count). The fourth-order valence-corrected chi connectivity index (χ4v) is 3.02. The van der Waals surface area contributed by atoms with Gasteiger partial charge in [0, 0.05) is 26.7 Å². The Kier molecular flexibility index (Phi) is 4.65. The molecule has 4 heteroatoms. The van der Waals surface area contributed by atoms with Crippen LogP contribution in [0.4, 0.5) is 0 Å². The van der Waals surface area contributed by atoms with E-state index in [-0.39, 0.29) is 24.1 Å². The molecule has 0 heterocycles. The Morgan fingerprint density at radius 1 is 0.708 bits per heavy atom. The molecule has 24 heavy (non-hydrogen) atoms. The van der Waals surface area contributed by atoms with Crippen molar-refractivity contribution in [1.82, 2.24) is 0 Å². The van der Waals surface area contributed by atoms with Crippen LogP contribution in [-0.2, 0) is 31.9 Å². The van der Waals surface area contributed by atoms with Crippen molar-refractivity contribution >= 4 is 11.9 Å². The van der Waals surface area contributed by atoms with Gasteiger partial charge in [-0.25, -0.2) is 0 Å². The maximum absolute atomic E-state index is 11.4. The standard InChI is InChI=1S/C20H20O4/c1-13(21)23-19-11-15-5-9-18(10-6-15)20(24-14(2)22)12-16-3-7-17(19)8-4-16/h3-10,19-20H,11-12H2,1-2H3. The second-order valence-corrected chi connectivity index (χ2v) is 6.09. The molecule has 2 atom stereocenters. The zero-order chi connectivity index (χ0) is 17.1. The second kappa shape index (κ2) is 6.87. The molecule has 2 aromatic carbocycles. The average Bonchev–Trinajstić information content (AvgIpc) is 2.53. The topological polar surface area (TPSA) is 52.6 Å². The summed E-state index contributed by atoms with van der Waals surface area (Å²) in [5.74, 6) is -0.578. The molecular weight excluding hydrogens is 304 g/mol. The highest BCUT2D eigenvalue weighted by Gasteiger charge is 2.20. The number of hydrogen-bond acceptors (Lipinski definition) is 4. The summed E-state index contributed by atoms with van der Waals surface area (Å²) in [6.45, 7) is 2.86. The van der Waals surface area contributed by atoms with Gasteiger partial charge in [0.2, 0.25) is 0 Å². The molecule has 0 spiro atoms. The number of benzene rings is 2. The van der Waals surface area contributed by atoms with E-state index >= 15 is 0 Å². The Labute approximate surface area is 141 Å². The fraction of sp³-hybridized carbons (Fsp3) is 0.300. The van der Waals surface area contributed by atoms with Gasteiger partial charge in [-0.15, -0.1) is 0 Å². The third kappa shape index (κ3) is 3.82. The Bertz CT molecular complexity index is 666. The Morgan fingerprint density at radius 3 is 1.33 bits per heavy atom. The minimum Gasteiger partial charge on any atom is -0.457 e. The molecule has 4 bridgehead atoms. The number of ether oxygens (including phenoxy) is 2. The van der Waals surface area contributed by atoms with Crippen LogP contribution in [0.3, 0.4) is 0 Å². The molecule has 0 radical (unpaired) electrons. The second-order valence-electron chi connectivity index (χ2n) is 6.09. The smallest absolute Gasteiger partial charge is 0.303 e. The molecule has 0 amide bonds. The van der Waals surface area contributed by atoms with E-state index in [4.69, 9.17) is 9.47 Å². The van der Waals surface area contributed by atoms with Crippen molar-refractivity contribution in [2.24, 2.45) is 0 Å². The van der Waals surface area contributed by atoms with Gasteiger partial charge in [0.05, 0.1) is 0 Å². The van der Waals surface area contributed by atoms with E-state index in [9.17, 15) is 9.59 Å². The average molecular weight is 324 g/mol. The molecule has 124 valence electrons. The van der Waals surface area contributed by atoms with Crippen molar-refractivity contribution in [2.75, 3.05) is 0 Å². The van der Waals surface area contributed by atoms with Crippen LogP contribution >= 0.6 is 0 Å². The van der Waals surface area contributed by atoms with Gasteiger partial charge >= 0.3 is 11.9 Å². The van der Waals surface area contributed by atoms with Crippen LogP contribution in [0.15, 0.2) is 48.5 Å². The van der Waals surface area contributed by atoms with Gasteiger partial charge < -0.3 is 9.47 Å². The monoisotopic (exact) mass is 324 g/mol. The quantitative estimate of drug-likeness (QED) is 0.791. The van der Waals surface area contributed by atoms with Crippen LogP contribution in [-0.4, -0.2) is 11.9 Å². The summed E-state index contributed by atoms with van der Waals surface area (Å²) in [7, 11) is 0. The van der Waals surface area contributed by atoms with Crippen molar-refractivity contribution in [3.05, 3.63) is 70.8 Å². The lowest BCUT2D eigenvalue weighted by Gasteiger charge is -2.22. The number of rotatable bonds is 2. The van der Waals surface area contributed by atoms with E-state index in [1.807, 2.05) is 48.5 Å². The summed E-state index contributed by atoms with van der Waals surface area (Å²) in [4.78, 5) is 22.8. The first kappa shape index (κ1) is 16.2. The first-order valence-electron chi connectivity index (χ1n) is 8.03. The maximum atomic E-state index is 11.4. The van der Waals surface area contributed by atoms with Crippen LogP contribution in [0, 0.1) is 0 Å². The summed E-state index contributed by atoms with van der Waals surface area (Å²) >= 11 is 0. The van der Waals surface area contributed by atoms with Crippen molar-refractivity contribution in [1.29, 1.82) is 0 Å². The van der Waals surface area contributed by atoms with Gasteiger partial charge in [-0.2, -0.15) is 0 Å². The normalized spacial score (nSPS) is 19.2. The molecule has 0 saturated heterocycles. The highest BCUT2D eigenvalue weighted by atomic mass is 16.5. The lowest BCUT2D eigenvalue weighted by Crippen LogP contribution is -2.14. The first-order chi connectivity index (χ1) is 11.5. The van der Waals surface area contributed by atoms with Crippen molar-refractivity contribution in [3.8, 4) is 0 Å². The SMILES string of the molecule is CC(=O)OC1Cc2ccc(cc2)C(OC(C)=O)Cc2ccc1cc2. The van der Waals surface area contributed by atoms with Crippen molar-refractivity contribution in [3.63, 3.8) is 0 Å². The zero-order valence-electron chi connectivity index (χ0n) is 13.8. The zero-order valence-corrected chi connectivity index (χ0v) is 13.8. The van der Waals surface area contributed by atoms with Gasteiger partial charge in [0.1, 0.15) is 12.2 Å². The third-order valence-corrected chi connectivity index (χ3v) is 4.16. The molecule has 0 saturated carbocycles. The van der Waals surface area contributed by atoms with Gasteiger partial charge in [-0.05, 0) is 22.3 Å². The Morgan fingerprint density at radius 2 is 1.04 bits per heavy atom. The van der Waals surface area contributed by atoms with E-state index in [2.05, 4.69) is 0 Å². The maximum Gasteiger partial charge on any atom is 0.303 e. The molecule has 0 fully saturated rings. The first-order valence-corrected chi connectivity index (χ1v) is 8.03. The minimum absolute atomic E-state index is 0.289. The van der Waals surface area contributed by atoms with Crippen LogP contribution < -0.4 is 0 Å². The fourth-order valence-electron chi connectivity index (χ4n) is 3.02. The van der Waals surface area contributed by atoms with Crippen LogP contribution in [0.2, 0.25) is 0 Å². The largest absolute Gasteiger partial charge is 0.457 e. The summed E-state index contributed by atoms with van der Waals surface area (Å²) in [6, 6.07) is 15.9. The summed E-state index contributed by atoms with van der Waals surface area (Å²) < 4.78 is 11.0. The number of esters is 2. The molecule has 4 aliphatic carbocycles. The van der Waals surface area contributed by atoms with Gasteiger partial charge in [-0.1, -0.05) is 48.5 Å². The van der Waals surface area contributed by atoms with Crippen LogP contribution in [0.1, 0.15) is 48.3 Å². The van der Waals surface area contributed by atoms with E-state index in [0.717, 1.165) is 22.3 Å². The van der Waals surface area contributed by atoms with E-state index in [0.29, 0.717) is 12.8 Å². The predicted octanol–water partition coefficient (Wildman–Crippen LogP) is 3.69. The lowest BCUT2D eigenvalue weighted by atomic mass is 9.94. The van der Waals surface area contributed by atoms with Gasteiger partial charge in [0.15, 0.2) is 0 Å². The van der Waals surface area contributed by atoms with Crippen LogP contribution in [0.25, 0.3) is 0 Å². The number of hydrogen-bond donors (Lipinski definition) is 0. The van der Waals surface area contributed by atoms with E-state index in [1.54, 1.807) is 0 Å². The highest BCUT2D eigenvalue weighted by Crippen LogP contribution is 2.29. The van der Waals surface area contributed by atoms with Gasteiger partial charge in [-0.3, -0.25) is 9.59 Å². The molecule has 0 aromatic heterocycles. The summed E-state index contributed by atoms with van der Waals surface area (Å²) in [5.41, 5.74) is 4.05. The lowest BCUT2D eigenvalue weighted by molar-refractivity contribution is -0.147. The van der Waals surface area contributed by atoms with Crippen molar-refractivity contribution < 1.29 is 19.1 Å². The summed E-state index contributed by atoms with van der Waals surface area (Å²) in [5, 5.41) is 0. The molecular formula is C20H20O4.